The Hall–Kier alpha value is -1.62. The van der Waals surface area contributed by atoms with E-state index in [-0.39, 0.29) is 17.9 Å². The van der Waals surface area contributed by atoms with Gasteiger partial charge in [-0.3, -0.25) is 4.79 Å². The Bertz CT molecular complexity index is 416. The molecule has 5 heteroatoms. The Morgan fingerprint density at radius 3 is 2.71 bits per heavy atom. The smallest absolute Gasteiger partial charge is 0.255 e. The summed E-state index contributed by atoms with van der Waals surface area (Å²) >= 11 is 0. The lowest BCUT2D eigenvalue weighted by molar-refractivity contribution is 0.0844. The molecular formula is C12H16FNO3. The molecule has 0 aromatic heterocycles. The van der Waals surface area contributed by atoms with E-state index in [0.29, 0.717) is 6.42 Å². The highest BCUT2D eigenvalue weighted by atomic mass is 19.1. The quantitative estimate of drug-likeness (QED) is 0.746. The normalized spacial score (nSPS) is 14.1. The average Bonchev–Trinajstić information content (AvgIpc) is 2.32. The van der Waals surface area contributed by atoms with Gasteiger partial charge >= 0.3 is 0 Å². The lowest BCUT2D eigenvalue weighted by atomic mass is 9.99. The fraction of sp³-hybridized carbons (Fsp3) is 0.417. The average molecular weight is 241 g/mol. The molecule has 17 heavy (non-hydrogen) atoms. The van der Waals surface area contributed by atoms with Crippen LogP contribution < -0.4 is 5.32 Å². The van der Waals surface area contributed by atoms with Crippen molar-refractivity contribution in [3.8, 4) is 5.75 Å². The summed E-state index contributed by atoms with van der Waals surface area (Å²) in [4.78, 5) is 11.8. The van der Waals surface area contributed by atoms with Crippen molar-refractivity contribution < 1.29 is 19.4 Å². The van der Waals surface area contributed by atoms with Crippen LogP contribution in [-0.2, 0) is 0 Å². The molecule has 0 aliphatic carbocycles. The largest absolute Gasteiger partial charge is 0.507 e. The predicted octanol–water partition coefficient (Wildman–Crippen LogP) is 1.42. The summed E-state index contributed by atoms with van der Waals surface area (Å²) in [7, 11) is 0. The van der Waals surface area contributed by atoms with E-state index in [4.69, 9.17) is 5.11 Å². The van der Waals surface area contributed by atoms with Gasteiger partial charge in [-0.2, -0.15) is 0 Å². The number of aromatic hydroxyl groups is 1. The zero-order valence-electron chi connectivity index (χ0n) is 9.83. The van der Waals surface area contributed by atoms with Crippen LogP contribution in [0.3, 0.4) is 0 Å². The molecule has 1 atom stereocenters. The minimum Gasteiger partial charge on any atom is -0.507 e. The van der Waals surface area contributed by atoms with Gasteiger partial charge in [0.15, 0.2) is 0 Å². The Labute approximate surface area is 99.1 Å². The second-order valence-electron chi connectivity index (χ2n) is 4.19. The number of phenolic OH excluding ortho intramolecular Hbond substituents is 1. The highest BCUT2D eigenvalue weighted by Crippen LogP contribution is 2.19. The third-order valence-corrected chi connectivity index (χ3v) is 2.75. The van der Waals surface area contributed by atoms with Crippen LogP contribution in [0.2, 0.25) is 0 Å². The molecule has 0 spiro atoms. The second kappa shape index (κ2) is 5.14. The van der Waals surface area contributed by atoms with Crippen molar-refractivity contribution in [2.24, 2.45) is 0 Å². The molecule has 0 saturated heterocycles. The van der Waals surface area contributed by atoms with Gasteiger partial charge in [0.25, 0.3) is 5.91 Å². The van der Waals surface area contributed by atoms with Crippen LogP contribution in [0.1, 0.15) is 30.6 Å². The molecule has 1 aromatic rings. The Morgan fingerprint density at radius 2 is 2.18 bits per heavy atom. The van der Waals surface area contributed by atoms with Gasteiger partial charge in [0, 0.05) is 0 Å². The van der Waals surface area contributed by atoms with Gasteiger partial charge in [-0.1, -0.05) is 6.92 Å². The number of hydrogen-bond acceptors (Lipinski definition) is 3. The molecule has 0 saturated carbocycles. The zero-order chi connectivity index (χ0) is 13.1. The Balaban J connectivity index is 2.94. The van der Waals surface area contributed by atoms with Crippen LogP contribution in [0, 0.1) is 5.82 Å². The maximum absolute atomic E-state index is 13.0. The van der Waals surface area contributed by atoms with Crippen molar-refractivity contribution >= 4 is 5.91 Å². The van der Waals surface area contributed by atoms with E-state index in [2.05, 4.69) is 5.32 Å². The first-order chi connectivity index (χ1) is 7.91. The van der Waals surface area contributed by atoms with Gasteiger partial charge in [0.05, 0.1) is 17.7 Å². The van der Waals surface area contributed by atoms with Crippen molar-refractivity contribution in [2.75, 3.05) is 6.61 Å². The van der Waals surface area contributed by atoms with Crippen LogP contribution in [0.25, 0.3) is 0 Å². The summed E-state index contributed by atoms with van der Waals surface area (Å²) in [6.07, 6.45) is 0.519. The summed E-state index contributed by atoms with van der Waals surface area (Å²) in [5.41, 5.74) is -0.923. The molecule has 0 bridgehead atoms. The van der Waals surface area contributed by atoms with E-state index >= 15 is 0 Å². The monoisotopic (exact) mass is 241 g/mol. The standard InChI is InChI=1S/C12H16FNO3/c1-3-12(2,7-15)14-11(17)9-6-8(13)4-5-10(9)16/h4-6,15-16H,3,7H2,1-2H3,(H,14,17). The molecule has 0 radical (unpaired) electrons. The molecule has 4 nitrogen and oxygen atoms in total. The third kappa shape index (κ3) is 3.17. The van der Waals surface area contributed by atoms with E-state index in [1.165, 1.54) is 0 Å². The number of benzene rings is 1. The number of amides is 1. The van der Waals surface area contributed by atoms with Crippen LogP contribution in [-0.4, -0.2) is 28.3 Å². The van der Waals surface area contributed by atoms with Crippen molar-refractivity contribution in [1.29, 1.82) is 0 Å². The van der Waals surface area contributed by atoms with Crippen molar-refractivity contribution in [1.82, 2.24) is 5.32 Å². The van der Waals surface area contributed by atoms with Gasteiger partial charge < -0.3 is 15.5 Å². The SMILES string of the molecule is CCC(C)(CO)NC(=O)c1cc(F)ccc1O. The molecule has 0 aliphatic heterocycles. The van der Waals surface area contributed by atoms with Gasteiger partial charge in [0.2, 0.25) is 0 Å². The fourth-order valence-electron chi connectivity index (χ4n) is 1.27. The number of carbonyl (C=O) groups excluding carboxylic acids is 1. The van der Waals surface area contributed by atoms with Crippen LogP contribution in [0.5, 0.6) is 5.75 Å². The number of rotatable bonds is 4. The number of halogens is 1. The molecule has 3 N–H and O–H groups in total. The van der Waals surface area contributed by atoms with Crippen LogP contribution >= 0.6 is 0 Å². The van der Waals surface area contributed by atoms with Crippen molar-refractivity contribution in [3.63, 3.8) is 0 Å². The van der Waals surface area contributed by atoms with Crippen molar-refractivity contribution in [2.45, 2.75) is 25.8 Å². The molecule has 1 unspecified atom stereocenters. The number of phenols is 1. The first-order valence-electron chi connectivity index (χ1n) is 5.34. The van der Waals surface area contributed by atoms with Gasteiger partial charge in [-0.15, -0.1) is 0 Å². The molecule has 1 aromatic carbocycles. The van der Waals surface area contributed by atoms with E-state index in [9.17, 15) is 14.3 Å². The first kappa shape index (κ1) is 13.4. The topological polar surface area (TPSA) is 69.6 Å². The summed E-state index contributed by atoms with van der Waals surface area (Å²) in [6, 6.07) is 3.14. The zero-order valence-corrected chi connectivity index (χ0v) is 9.83. The van der Waals surface area contributed by atoms with E-state index in [1.54, 1.807) is 6.92 Å². The van der Waals surface area contributed by atoms with Crippen molar-refractivity contribution in [3.05, 3.63) is 29.6 Å². The summed E-state index contributed by atoms with van der Waals surface area (Å²) in [6.45, 7) is 3.24. The Kier molecular flexibility index (Phi) is 4.07. The van der Waals surface area contributed by atoms with Crippen LogP contribution in [0.15, 0.2) is 18.2 Å². The maximum Gasteiger partial charge on any atom is 0.255 e. The van der Waals surface area contributed by atoms with Gasteiger partial charge in [-0.05, 0) is 31.5 Å². The van der Waals surface area contributed by atoms with Gasteiger partial charge in [0.1, 0.15) is 11.6 Å². The predicted molar refractivity (Wildman–Crippen MR) is 61.3 cm³/mol. The lowest BCUT2D eigenvalue weighted by Crippen LogP contribution is -2.48. The molecule has 94 valence electrons. The number of hydrogen-bond donors (Lipinski definition) is 3. The van der Waals surface area contributed by atoms with Crippen LogP contribution in [0.4, 0.5) is 4.39 Å². The molecule has 1 amide bonds. The van der Waals surface area contributed by atoms with Gasteiger partial charge in [-0.25, -0.2) is 4.39 Å². The first-order valence-corrected chi connectivity index (χ1v) is 5.34. The highest BCUT2D eigenvalue weighted by molar-refractivity contribution is 5.97. The second-order valence-corrected chi connectivity index (χ2v) is 4.19. The Morgan fingerprint density at radius 1 is 1.53 bits per heavy atom. The molecule has 0 fully saturated rings. The minimum absolute atomic E-state index is 0.141. The number of carbonyl (C=O) groups is 1. The van der Waals surface area contributed by atoms with E-state index < -0.39 is 17.3 Å². The lowest BCUT2D eigenvalue weighted by Gasteiger charge is -2.27. The molecule has 0 heterocycles. The molecule has 0 aliphatic rings. The number of aliphatic hydroxyl groups excluding tert-OH is 1. The fourth-order valence-corrected chi connectivity index (χ4v) is 1.27. The molecule has 1 rings (SSSR count). The third-order valence-electron chi connectivity index (χ3n) is 2.75. The maximum atomic E-state index is 13.0. The summed E-state index contributed by atoms with van der Waals surface area (Å²) in [5, 5.41) is 21.2. The summed E-state index contributed by atoms with van der Waals surface area (Å²) < 4.78 is 13.0. The van der Waals surface area contributed by atoms with E-state index in [1.807, 2.05) is 6.92 Å². The molecular weight excluding hydrogens is 225 g/mol. The number of aliphatic hydroxyl groups is 1. The van der Waals surface area contributed by atoms with E-state index in [0.717, 1.165) is 18.2 Å². The highest BCUT2D eigenvalue weighted by Gasteiger charge is 2.25. The minimum atomic E-state index is -0.782. The number of nitrogens with one attached hydrogen (secondary N) is 1. The summed E-state index contributed by atoms with van der Waals surface area (Å²) in [5.74, 6) is -1.50.